The highest BCUT2D eigenvalue weighted by Crippen LogP contribution is 2.18. The molecule has 0 saturated carbocycles. The van der Waals surface area contributed by atoms with Gasteiger partial charge in [0.25, 0.3) is 0 Å². The summed E-state index contributed by atoms with van der Waals surface area (Å²) in [7, 11) is 0. The molecule has 6 heteroatoms. The van der Waals surface area contributed by atoms with E-state index in [-0.39, 0.29) is 5.82 Å². The molecule has 0 fully saturated rings. The number of aromatic amines is 1. The van der Waals surface area contributed by atoms with Gasteiger partial charge in [0.2, 0.25) is 5.82 Å². The summed E-state index contributed by atoms with van der Waals surface area (Å²) in [6.07, 6.45) is 1.62. The number of hydrogen-bond donors (Lipinski definition) is 1. The van der Waals surface area contributed by atoms with Gasteiger partial charge in [0.1, 0.15) is 10.1 Å². The van der Waals surface area contributed by atoms with Crippen LogP contribution in [-0.4, -0.2) is 27.5 Å². The van der Waals surface area contributed by atoms with E-state index in [2.05, 4.69) is 30.9 Å². The Morgan fingerprint density at radius 2 is 2.47 bits per heavy atom. The molecule has 2 aromatic heterocycles. The Kier molecular flexibility index (Phi) is 2.68. The lowest BCUT2D eigenvalue weighted by molar-refractivity contribution is 0.0514. The van der Waals surface area contributed by atoms with Crippen molar-refractivity contribution in [3.8, 4) is 0 Å². The highest BCUT2D eigenvalue weighted by atomic mass is 79.9. The van der Waals surface area contributed by atoms with E-state index in [1.54, 1.807) is 19.2 Å². The maximum atomic E-state index is 11.4. The van der Waals surface area contributed by atoms with Gasteiger partial charge in [-0.25, -0.2) is 14.8 Å². The first-order valence-electron chi connectivity index (χ1n) is 4.39. The van der Waals surface area contributed by atoms with Gasteiger partial charge in [-0.2, -0.15) is 0 Å². The maximum absolute atomic E-state index is 11.4. The van der Waals surface area contributed by atoms with Crippen LogP contribution in [0.4, 0.5) is 0 Å². The lowest BCUT2D eigenvalue weighted by Gasteiger charge is -1.95. The van der Waals surface area contributed by atoms with Crippen LogP contribution < -0.4 is 0 Å². The van der Waals surface area contributed by atoms with E-state index >= 15 is 0 Å². The van der Waals surface area contributed by atoms with Crippen LogP contribution in [0, 0.1) is 0 Å². The summed E-state index contributed by atoms with van der Waals surface area (Å²) in [6, 6.07) is 1.75. The zero-order chi connectivity index (χ0) is 10.8. The van der Waals surface area contributed by atoms with E-state index in [0.717, 1.165) is 5.52 Å². The van der Waals surface area contributed by atoms with E-state index in [4.69, 9.17) is 4.74 Å². The lowest BCUT2D eigenvalue weighted by atomic mass is 10.4. The largest absolute Gasteiger partial charge is 0.460 e. The van der Waals surface area contributed by atoms with Crippen LogP contribution in [0.15, 0.2) is 16.9 Å². The summed E-state index contributed by atoms with van der Waals surface area (Å²) in [5.74, 6) is -0.263. The Balaban J connectivity index is 2.47. The molecule has 2 rings (SSSR count). The number of halogens is 1. The van der Waals surface area contributed by atoms with Crippen molar-refractivity contribution in [2.45, 2.75) is 6.92 Å². The Bertz CT molecular complexity index is 509. The van der Waals surface area contributed by atoms with E-state index in [0.29, 0.717) is 16.7 Å². The van der Waals surface area contributed by atoms with E-state index in [1.165, 1.54) is 0 Å². The van der Waals surface area contributed by atoms with Crippen LogP contribution in [-0.2, 0) is 4.74 Å². The molecule has 0 amide bonds. The van der Waals surface area contributed by atoms with Gasteiger partial charge in [-0.15, -0.1) is 0 Å². The second kappa shape index (κ2) is 3.98. The molecule has 0 saturated heterocycles. The predicted octanol–water partition coefficient (Wildman–Crippen LogP) is 1.90. The minimum Gasteiger partial charge on any atom is -0.460 e. The Morgan fingerprint density at radius 3 is 3.13 bits per heavy atom. The Hall–Kier alpha value is -1.43. The molecule has 0 atom stereocenters. The summed E-state index contributed by atoms with van der Waals surface area (Å²) >= 11 is 3.25. The van der Waals surface area contributed by atoms with Crippen molar-refractivity contribution in [1.29, 1.82) is 0 Å². The number of H-pyrrole nitrogens is 1. The van der Waals surface area contributed by atoms with Crippen LogP contribution in [0.1, 0.15) is 17.5 Å². The van der Waals surface area contributed by atoms with Crippen LogP contribution in [0.3, 0.4) is 0 Å². The molecular formula is C9H8BrN3O2. The zero-order valence-corrected chi connectivity index (χ0v) is 9.54. The summed E-state index contributed by atoms with van der Waals surface area (Å²) < 4.78 is 5.43. The van der Waals surface area contributed by atoms with Crippen LogP contribution in [0.2, 0.25) is 0 Å². The number of carbonyl (C=O) groups is 1. The molecule has 1 N–H and O–H groups in total. The number of fused-ring (bicyclic) bond motifs is 1. The first-order chi connectivity index (χ1) is 7.22. The fourth-order valence-electron chi connectivity index (χ4n) is 1.20. The number of nitrogens with zero attached hydrogens (tertiary/aromatic N) is 2. The van der Waals surface area contributed by atoms with E-state index in [1.807, 2.05) is 0 Å². The molecule has 0 bridgehead atoms. The highest BCUT2D eigenvalue weighted by Gasteiger charge is 2.13. The van der Waals surface area contributed by atoms with Gasteiger partial charge in [0.05, 0.1) is 12.1 Å². The van der Waals surface area contributed by atoms with E-state index < -0.39 is 5.97 Å². The molecule has 2 aromatic rings. The SMILES string of the molecule is CCOC(=O)c1nc2c(Br)nccc2[nH]1. The smallest absolute Gasteiger partial charge is 0.374 e. The normalized spacial score (nSPS) is 10.5. The molecule has 0 spiro atoms. The third-order valence-electron chi connectivity index (χ3n) is 1.83. The standard InChI is InChI=1S/C9H8BrN3O2/c1-2-15-9(14)8-12-5-3-4-11-7(10)6(5)13-8/h3-4H,2H2,1H3,(H,12,13). The van der Waals surface area contributed by atoms with Crippen molar-refractivity contribution in [3.63, 3.8) is 0 Å². The van der Waals surface area contributed by atoms with Gasteiger partial charge < -0.3 is 9.72 Å². The number of pyridine rings is 1. The van der Waals surface area contributed by atoms with E-state index in [9.17, 15) is 4.79 Å². The molecule has 0 aliphatic carbocycles. The van der Waals surface area contributed by atoms with Gasteiger partial charge >= 0.3 is 5.97 Å². The number of hydrogen-bond acceptors (Lipinski definition) is 4. The second-order valence-electron chi connectivity index (χ2n) is 2.80. The second-order valence-corrected chi connectivity index (χ2v) is 3.55. The molecule has 2 heterocycles. The summed E-state index contributed by atoms with van der Waals surface area (Å²) in [5, 5.41) is 0. The molecule has 0 unspecified atom stereocenters. The predicted molar refractivity (Wildman–Crippen MR) is 57.5 cm³/mol. The Morgan fingerprint density at radius 1 is 1.67 bits per heavy atom. The number of nitrogens with one attached hydrogen (secondary N) is 1. The van der Waals surface area contributed by atoms with Crippen LogP contribution in [0.5, 0.6) is 0 Å². The van der Waals surface area contributed by atoms with Crippen molar-refractivity contribution in [3.05, 3.63) is 22.7 Å². The van der Waals surface area contributed by atoms with Crippen molar-refractivity contribution in [1.82, 2.24) is 15.0 Å². The average molecular weight is 270 g/mol. The highest BCUT2D eigenvalue weighted by molar-refractivity contribution is 9.10. The third kappa shape index (κ3) is 1.85. The van der Waals surface area contributed by atoms with Gasteiger partial charge in [0, 0.05) is 6.20 Å². The van der Waals surface area contributed by atoms with Crippen molar-refractivity contribution < 1.29 is 9.53 Å². The monoisotopic (exact) mass is 269 g/mol. The number of rotatable bonds is 2. The number of ether oxygens (including phenoxy) is 1. The van der Waals surface area contributed by atoms with Crippen LogP contribution >= 0.6 is 15.9 Å². The molecule has 0 aliphatic rings. The first-order valence-corrected chi connectivity index (χ1v) is 5.19. The summed E-state index contributed by atoms with van der Waals surface area (Å²) in [4.78, 5) is 22.3. The molecule has 0 aromatic carbocycles. The lowest BCUT2D eigenvalue weighted by Crippen LogP contribution is -2.06. The van der Waals surface area contributed by atoms with Crippen molar-refractivity contribution in [2.24, 2.45) is 0 Å². The molecule has 0 aliphatic heterocycles. The summed E-state index contributed by atoms with van der Waals surface area (Å²) in [6.45, 7) is 2.08. The number of aromatic nitrogens is 3. The first kappa shape index (κ1) is 10.1. The fourth-order valence-corrected chi connectivity index (χ4v) is 1.62. The fraction of sp³-hybridized carbons (Fsp3) is 0.222. The Labute approximate surface area is 94.0 Å². The topological polar surface area (TPSA) is 67.9 Å². The van der Waals surface area contributed by atoms with Crippen molar-refractivity contribution in [2.75, 3.05) is 6.61 Å². The summed E-state index contributed by atoms with van der Waals surface area (Å²) in [5.41, 5.74) is 1.38. The zero-order valence-electron chi connectivity index (χ0n) is 7.95. The molecule has 5 nitrogen and oxygen atoms in total. The average Bonchev–Trinajstić information content (AvgIpc) is 2.63. The molecule has 15 heavy (non-hydrogen) atoms. The van der Waals surface area contributed by atoms with Crippen molar-refractivity contribution >= 4 is 32.9 Å². The minimum absolute atomic E-state index is 0.195. The van der Waals surface area contributed by atoms with Gasteiger partial charge in [0.15, 0.2) is 0 Å². The van der Waals surface area contributed by atoms with Gasteiger partial charge in [-0.05, 0) is 28.9 Å². The number of imidazole rings is 1. The van der Waals surface area contributed by atoms with Gasteiger partial charge in [-0.3, -0.25) is 0 Å². The van der Waals surface area contributed by atoms with Gasteiger partial charge in [-0.1, -0.05) is 0 Å². The number of carbonyl (C=O) groups excluding carboxylic acids is 1. The third-order valence-corrected chi connectivity index (χ3v) is 2.41. The quantitative estimate of drug-likeness (QED) is 0.668. The minimum atomic E-state index is -0.458. The maximum Gasteiger partial charge on any atom is 0.374 e. The van der Waals surface area contributed by atoms with Crippen LogP contribution in [0.25, 0.3) is 11.0 Å². The molecule has 0 radical (unpaired) electrons. The number of esters is 1. The molecule has 78 valence electrons. The molecular weight excluding hydrogens is 262 g/mol.